The first-order valence-corrected chi connectivity index (χ1v) is 4.57. The minimum atomic E-state index is -0.816. The summed E-state index contributed by atoms with van der Waals surface area (Å²) in [5.41, 5.74) is 8.11. The Labute approximate surface area is 86.4 Å². The second-order valence-electron chi connectivity index (χ2n) is 3.70. The maximum absolute atomic E-state index is 13.2. The molecule has 0 atom stereocenters. The van der Waals surface area contributed by atoms with E-state index in [-0.39, 0.29) is 0 Å². The average Bonchev–Trinajstić information content (AvgIpc) is 2.10. The summed E-state index contributed by atoms with van der Waals surface area (Å²) in [5.74, 6) is -1.32. The Kier molecular flexibility index (Phi) is 3.63. The Morgan fingerprint density at radius 2 is 1.87 bits per heavy atom. The van der Waals surface area contributed by atoms with E-state index < -0.39 is 17.3 Å². The van der Waals surface area contributed by atoms with Gasteiger partial charge in [0.25, 0.3) is 0 Å². The highest BCUT2D eigenvalue weighted by Gasteiger charge is 2.10. The van der Waals surface area contributed by atoms with Crippen LogP contribution in [0, 0.1) is 17.6 Å². The summed E-state index contributed by atoms with van der Waals surface area (Å²) >= 11 is 0. The number of halogens is 2. The highest BCUT2D eigenvalue weighted by Crippen LogP contribution is 2.24. The first kappa shape index (κ1) is 11.5. The van der Waals surface area contributed by atoms with Gasteiger partial charge in [0.2, 0.25) is 0 Å². The van der Waals surface area contributed by atoms with Gasteiger partial charge in [-0.25, -0.2) is 8.78 Å². The fraction of sp³-hybridized carbons (Fsp3) is 0.400. The van der Waals surface area contributed by atoms with Crippen LogP contribution >= 0.6 is 0 Å². The molecule has 0 saturated carbocycles. The van der Waals surface area contributed by atoms with Crippen molar-refractivity contribution < 1.29 is 8.78 Å². The third kappa shape index (κ3) is 2.92. The van der Waals surface area contributed by atoms with Crippen LogP contribution in [0.4, 0.5) is 14.5 Å². The van der Waals surface area contributed by atoms with E-state index in [1.54, 1.807) is 0 Å². The first-order valence-electron chi connectivity index (χ1n) is 4.57. The minimum Gasteiger partial charge on any atom is -0.206 e. The van der Waals surface area contributed by atoms with Gasteiger partial charge in [-0.2, -0.15) is 0 Å². The van der Waals surface area contributed by atoms with Gasteiger partial charge in [-0.3, -0.25) is 0 Å². The van der Waals surface area contributed by atoms with Gasteiger partial charge in [0.05, 0.1) is 0 Å². The van der Waals surface area contributed by atoms with E-state index in [9.17, 15) is 8.78 Å². The molecule has 1 aromatic rings. The Hall–Kier alpha value is -1.61. The molecule has 0 radical (unpaired) electrons. The Bertz CT molecular complexity index is 386. The van der Waals surface area contributed by atoms with E-state index in [1.165, 1.54) is 12.1 Å². The molecule has 0 aliphatic rings. The maximum atomic E-state index is 13.2. The zero-order valence-corrected chi connectivity index (χ0v) is 8.54. The van der Waals surface area contributed by atoms with Crippen LogP contribution in [0.15, 0.2) is 17.2 Å². The summed E-state index contributed by atoms with van der Waals surface area (Å²) in [6.07, 6.45) is 0.588. The van der Waals surface area contributed by atoms with E-state index in [4.69, 9.17) is 5.53 Å². The van der Waals surface area contributed by atoms with Crippen molar-refractivity contribution in [1.29, 1.82) is 0 Å². The normalized spacial score (nSPS) is 10.2. The molecule has 80 valence electrons. The standard InChI is InChI=1S/C10H11F2N3/c1-6(2)3-7-4-8(11)10(14-15-13)9(12)5-7/h4-6H,3H2,1-2H3. The van der Waals surface area contributed by atoms with Crippen molar-refractivity contribution in [3.63, 3.8) is 0 Å². The Morgan fingerprint density at radius 3 is 2.27 bits per heavy atom. The predicted octanol–water partition coefficient (Wildman–Crippen LogP) is 4.11. The van der Waals surface area contributed by atoms with Crippen LogP contribution < -0.4 is 0 Å². The lowest BCUT2D eigenvalue weighted by atomic mass is 10.0. The third-order valence-electron chi connectivity index (χ3n) is 1.87. The van der Waals surface area contributed by atoms with Crippen LogP contribution in [0.5, 0.6) is 0 Å². The fourth-order valence-electron chi connectivity index (χ4n) is 1.35. The van der Waals surface area contributed by atoms with E-state index in [0.29, 0.717) is 17.9 Å². The van der Waals surface area contributed by atoms with E-state index in [1.807, 2.05) is 13.8 Å². The smallest absolute Gasteiger partial charge is 0.136 e. The van der Waals surface area contributed by atoms with Crippen LogP contribution in [0.3, 0.4) is 0 Å². The van der Waals surface area contributed by atoms with Crippen molar-refractivity contribution in [2.45, 2.75) is 20.3 Å². The molecule has 0 amide bonds. The molecule has 0 aromatic heterocycles. The highest BCUT2D eigenvalue weighted by molar-refractivity contribution is 5.42. The maximum Gasteiger partial charge on any atom is 0.136 e. The van der Waals surface area contributed by atoms with Crippen molar-refractivity contribution in [1.82, 2.24) is 0 Å². The summed E-state index contributed by atoms with van der Waals surface area (Å²) in [7, 11) is 0. The van der Waals surface area contributed by atoms with E-state index >= 15 is 0 Å². The van der Waals surface area contributed by atoms with Crippen LogP contribution in [0.2, 0.25) is 0 Å². The molecule has 0 unspecified atom stereocenters. The second-order valence-corrected chi connectivity index (χ2v) is 3.70. The summed E-state index contributed by atoms with van der Waals surface area (Å²) in [6, 6.07) is 2.40. The van der Waals surface area contributed by atoms with Gasteiger partial charge in [0.15, 0.2) is 0 Å². The van der Waals surface area contributed by atoms with Crippen molar-refractivity contribution >= 4 is 5.69 Å². The molecular weight excluding hydrogens is 200 g/mol. The second kappa shape index (κ2) is 4.75. The van der Waals surface area contributed by atoms with Gasteiger partial charge in [0, 0.05) is 4.91 Å². The Balaban J connectivity index is 3.13. The molecule has 0 heterocycles. The predicted molar refractivity (Wildman–Crippen MR) is 53.7 cm³/mol. The van der Waals surface area contributed by atoms with Crippen molar-refractivity contribution in [2.24, 2.45) is 11.0 Å². The number of hydrogen-bond donors (Lipinski definition) is 0. The molecule has 15 heavy (non-hydrogen) atoms. The number of benzene rings is 1. The fourth-order valence-corrected chi connectivity index (χ4v) is 1.35. The molecule has 0 spiro atoms. The number of nitrogens with zero attached hydrogens (tertiary/aromatic N) is 3. The van der Waals surface area contributed by atoms with Crippen molar-refractivity contribution in [3.8, 4) is 0 Å². The molecule has 0 N–H and O–H groups in total. The lowest BCUT2D eigenvalue weighted by Crippen LogP contribution is -1.96. The van der Waals surface area contributed by atoms with Gasteiger partial charge in [-0.05, 0) is 35.6 Å². The summed E-state index contributed by atoms with van der Waals surface area (Å²) in [5, 5.41) is 2.96. The number of rotatable bonds is 3. The van der Waals surface area contributed by atoms with Crippen molar-refractivity contribution in [2.75, 3.05) is 0 Å². The van der Waals surface area contributed by atoms with Gasteiger partial charge in [0.1, 0.15) is 17.3 Å². The SMILES string of the molecule is CC(C)Cc1cc(F)c(N=[N+]=[N-])c(F)c1. The Morgan fingerprint density at radius 1 is 1.33 bits per heavy atom. The average molecular weight is 211 g/mol. The van der Waals surface area contributed by atoms with Crippen molar-refractivity contribution in [3.05, 3.63) is 39.8 Å². The topological polar surface area (TPSA) is 48.8 Å². The zero-order chi connectivity index (χ0) is 11.4. The summed E-state index contributed by atoms with van der Waals surface area (Å²) in [4.78, 5) is 2.36. The number of azide groups is 1. The van der Waals surface area contributed by atoms with Crippen LogP contribution in [0.25, 0.3) is 10.4 Å². The quantitative estimate of drug-likeness (QED) is 0.410. The van der Waals surface area contributed by atoms with Crippen LogP contribution in [-0.2, 0) is 6.42 Å². The molecule has 0 aliphatic carbocycles. The molecule has 0 fully saturated rings. The molecule has 3 nitrogen and oxygen atoms in total. The molecule has 0 bridgehead atoms. The summed E-state index contributed by atoms with van der Waals surface area (Å²) in [6.45, 7) is 3.91. The van der Waals surface area contributed by atoms with Gasteiger partial charge in [-0.15, -0.1) is 0 Å². The zero-order valence-electron chi connectivity index (χ0n) is 8.54. The largest absolute Gasteiger partial charge is 0.206 e. The van der Waals surface area contributed by atoms with Gasteiger partial charge >= 0.3 is 0 Å². The van der Waals surface area contributed by atoms with Crippen LogP contribution in [-0.4, -0.2) is 0 Å². The van der Waals surface area contributed by atoms with E-state index in [2.05, 4.69) is 10.0 Å². The van der Waals surface area contributed by atoms with Gasteiger partial charge < -0.3 is 0 Å². The molecule has 1 aromatic carbocycles. The molecule has 0 saturated heterocycles. The summed E-state index contributed by atoms with van der Waals surface area (Å²) < 4.78 is 26.5. The lowest BCUT2D eigenvalue weighted by molar-refractivity contribution is 0.575. The lowest BCUT2D eigenvalue weighted by Gasteiger charge is -2.06. The molecule has 1 rings (SSSR count). The number of hydrogen-bond acceptors (Lipinski definition) is 1. The highest BCUT2D eigenvalue weighted by atomic mass is 19.1. The molecule has 0 aliphatic heterocycles. The molecule has 5 heteroatoms. The molecular formula is C10H11F2N3. The third-order valence-corrected chi connectivity index (χ3v) is 1.87. The van der Waals surface area contributed by atoms with Crippen LogP contribution in [0.1, 0.15) is 19.4 Å². The monoisotopic (exact) mass is 211 g/mol. The first-order chi connectivity index (χ1) is 7.04. The minimum absolute atomic E-state index is 0.314. The van der Waals surface area contributed by atoms with Gasteiger partial charge in [-0.1, -0.05) is 19.0 Å². The van der Waals surface area contributed by atoms with E-state index in [0.717, 1.165) is 0 Å².